The average Bonchev–Trinajstić information content (AvgIpc) is 2.72. The summed E-state index contributed by atoms with van der Waals surface area (Å²) in [4.78, 5) is 36.8. The van der Waals surface area contributed by atoms with Crippen LogP contribution in [0.2, 0.25) is 0 Å². The quantitative estimate of drug-likeness (QED) is 0.631. The highest BCUT2D eigenvalue weighted by molar-refractivity contribution is 7.98. The van der Waals surface area contributed by atoms with Crippen molar-refractivity contribution in [3.05, 3.63) is 65.7 Å². The first-order valence-corrected chi connectivity index (χ1v) is 10.4. The molecule has 0 bridgehead atoms. The van der Waals surface area contributed by atoms with Crippen molar-refractivity contribution in [2.45, 2.75) is 19.4 Å². The smallest absolute Gasteiger partial charge is 0.338 e. The summed E-state index contributed by atoms with van der Waals surface area (Å²) in [6, 6.07) is 14.6. The zero-order valence-electron chi connectivity index (χ0n) is 15.9. The molecule has 0 heterocycles. The van der Waals surface area contributed by atoms with Crippen molar-refractivity contribution in [1.82, 2.24) is 5.32 Å². The summed E-state index contributed by atoms with van der Waals surface area (Å²) >= 11 is 1.60. The first kappa shape index (κ1) is 21.5. The maximum atomic E-state index is 12.7. The molecule has 0 aliphatic heterocycles. The van der Waals surface area contributed by atoms with Crippen LogP contribution >= 0.6 is 11.8 Å². The van der Waals surface area contributed by atoms with E-state index >= 15 is 0 Å². The number of esters is 1. The van der Waals surface area contributed by atoms with Gasteiger partial charge >= 0.3 is 5.97 Å². The SMILES string of the molecule is CCOC(=O)c1ccc(NC(=O)[C@@H](CCSC)NC(=O)c2ccccc2)cc1. The largest absolute Gasteiger partial charge is 0.462 e. The molecule has 0 unspecified atom stereocenters. The Morgan fingerprint density at radius 3 is 2.29 bits per heavy atom. The van der Waals surface area contributed by atoms with Crippen LogP contribution in [0.3, 0.4) is 0 Å². The maximum Gasteiger partial charge on any atom is 0.338 e. The zero-order valence-corrected chi connectivity index (χ0v) is 16.8. The number of ether oxygens (including phenoxy) is 1. The molecule has 6 nitrogen and oxygen atoms in total. The van der Waals surface area contributed by atoms with Crippen molar-refractivity contribution in [3.8, 4) is 0 Å². The van der Waals surface area contributed by atoms with Gasteiger partial charge in [0.1, 0.15) is 6.04 Å². The van der Waals surface area contributed by atoms with Crippen molar-refractivity contribution in [2.24, 2.45) is 0 Å². The Morgan fingerprint density at radius 1 is 1.00 bits per heavy atom. The minimum atomic E-state index is -0.662. The van der Waals surface area contributed by atoms with Crippen LogP contribution in [0.1, 0.15) is 34.1 Å². The molecule has 7 heteroatoms. The third-order valence-electron chi connectivity index (χ3n) is 3.93. The summed E-state index contributed by atoms with van der Waals surface area (Å²) in [6.07, 6.45) is 2.45. The molecule has 28 heavy (non-hydrogen) atoms. The van der Waals surface area contributed by atoms with E-state index in [0.717, 1.165) is 5.75 Å². The first-order valence-electron chi connectivity index (χ1n) is 8.98. The highest BCUT2D eigenvalue weighted by Crippen LogP contribution is 2.12. The molecular formula is C21H24N2O4S. The Balaban J connectivity index is 2.03. The van der Waals surface area contributed by atoms with Crippen molar-refractivity contribution in [1.29, 1.82) is 0 Å². The van der Waals surface area contributed by atoms with Crippen LogP contribution in [0.25, 0.3) is 0 Å². The van der Waals surface area contributed by atoms with Gasteiger partial charge in [-0.2, -0.15) is 11.8 Å². The Bertz CT molecular complexity index is 794. The molecule has 2 rings (SSSR count). The second-order valence-electron chi connectivity index (χ2n) is 5.96. The predicted octanol–water partition coefficient (Wildman–Crippen LogP) is 3.35. The predicted molar refractivity (Wildman–Crippen MR) is 112 cm³/mol. The molecule has 0 saturated heterocycles. The van der Waals surface area contributed by atoms with E-state index in [1.54, 1.807) is 67.2 Å². The number of carbonyl (C=O) groups excluding carboxylic acids is 3. The van der Waals surface area contributed by atoms with Crippen LogP contribution in [0.15, 0.2) is 54.6 Å². The Morgan fingerprint density at radius 2 is 1.68 bits per heavy atom. The van der Waals surface area contributed by atoms with Crippen LogP contribution in [0, 0.1) is 0 Å². The minimum Gasteiger partial charge on any atom is -0.462 e. The third kappa shape index (κ3) is 6.42. The number of rotatable bonds is 9. The number of amides is 2. The van der Waals surface area contributed by atoms with Crippen LogP contribution in [-0.2, 0) is 9.53 Å². The Hall–Kier alpha value is -2.80. The van der Waals surface area contributed by atoms with Crippen molar-refractivity contribution in [2.75, 3.05) is 23.9 Å². The summed E-state index contributed by atoms with van der Waals surface area (Å²) in [5.74, 6) is -0.273. The van der Waals surface area contributed by atoms with E-state index < -0.39 is 12.0 Å². The van der Waals surface area contributed by atoms with Gasteiger partial charge in [-0.15, -0.1) is 0 Å². The number of hydrogen-bond donors (Lipinski definition) is 2. The van der Waals surface area contributed by atoms with Gasteiger partial charge in [0, 0.05) is 11.3 Å². The summed E-state index contributed by atoms with van der Waals surface area (Å²) < 4.78 is 4.94. The van der Waals surface area contributed by atoms with E-state index in [0.29, 0.717) is 29.8 Å². The Labute approximate surface area is 169 Å². The van der Waals surface area contributed by atoms with E-state index in [9.17, 15) is 14.4 Å². The van der Waals surface area contributed by atoms with Gasteiger partial charge in [0.25, 0.3) is 5.91 Å². The molecule has 0 fully saturated rings. The maximum absolute atomic E-state index is 12.7. The van der Waals surface area contributed by atoms with E-state index in [1.807, 2.05) is 12.3 Å². The lowest BCUT2D eigenvalue weighted by molar-refractivity contribution is -0.118. The summed E-state index contributed by atoms with van der Waals surface area (Å²) in [5.41, 5.74) is 1.46. The van der Waals surface area contributed by atoms with Crippen molar-refractivity contribution in [3.63, 3.8) is 0 Å². The van der Waals surface area contributed by atoms with Crippen molar-refractivity contribution >= 4 is 35.2 Å². The standard InChI is InChI=1S/C21H24N2O4S/c1-3-27-21(26)16-9-11-17(12-10-16)22-20(25)18(13-14-28-2)23-19(24)15-7-5-4-6-8-15/h4-12,18H,3,13-14H2,1-2H3,(H,22,25)(H,23,24)/t18-/m1/s1. The number of carbonyl (C=O) groups is 3. The van der Waals surface area contributed by atoms with Crippen molar-refractivity contribution < 1.29 is 19.1 Å². The Kier molecular flexibility index (Phi) is 8.55. The molecule has 2 aromatic carbocycles. The highest BCUT2D eigenvalue weighted by atomic mass is 32.2. The molecule has 148 valence electrons. The average molecular weight is 401 g/mol. The van der Waals surface area contributed by atoms with E-state index in [1.165, 1.54) is 0 Å². The van der Waals surface area contributed by atoms with Crippen LogP contribution < -0.4 is 10.6 Å². The molecule has 0 spiro atoms. The highest BCUT2D eigenvalue weighted by Gasteiger charge is 2.21. The van der Waals surface area contributed by atoms with E-state index in [4.69, 9.17) is 4.74 Å². The topological polar surface area (TPSA) is 84.5 Å². The molecule has 2 aromatic rings. The third-order valence-corrected chi connectivity index (χ3v) is 4.58. The van der Waals surface area contributed by atoms with E-state index in [-0.39, 0.29) is 11.8 Å². The fraction of sp³-hybridized carbons (Fsp3) is 0.286. The molecule has 2 N–H and O–H groups in total. The van der Waals surface area contributed by atoms with Gasteiger partial charge in [0.2, 0.25) is 5.91 Å². The lowest BCUT2D eigenvalue weighted by Crippen LogP contribution is -2.44. The lowest BCUT2D eigenvalue weighted by atomic mass is 10.1. The molecule has 0 radical (unpaired) electrons. The molecular weight excluding hydrogens is 376 g/mol. The number of benzene rings is 2. The fourth-order valence-electron chi connectivity index (χ4n) is 2.47. The molecule has 1 atom stereocenters. The van der Waals surface area contributed by atoms with Gasteiger partial charge in [0.05, 0.1) is 12.2 Å². The van der Waals surface area contributed by atoms with Gasteiger partial charge in [-0.1, -0.05) is 18.2 Å². The molecule has 0 aliphatic carbocycles. The normalized spacial score (nSPS) is 11.4. The van der Waals surface area contributed by atoms with Crippen LogP contribution in [-0.4, -0.2) is 42.4 Å². The van der Waals surface area contributed by atoms with Crippen LogP contribution in [0.5, 0.6) is 0 Å². The van der Waals surface area contributed by atoms with Gasteiger partial charge in [0.15, 0.2) is 0 Å². The van der Waals surface area contributed by atoms with Gasteiger partial charge in [-0.25, -0.2) is 4.79 Å². The number of thioether (sulfide) groups is 1. The first-order chi connectivity index (χ1) is 13.5. The summed E-state index contributed by atoms with van der Waals surface area (Å²) in [5, 5.41) is 5.59. The molecule has 0 aliphatic rings. The molecule has 0 saturated carbocycles. The number of hydrogen-bond acceptors (Lipinski definition) is 5. The zero-order chi connectivity index (χ0) is 20.4. The lowest BCUT2D eigenvalue weighted by Gasteiger charge is -2.18. The van der Waals surface area contributed by atoms with Gasteiger partial charge in [-0.3, -0.25) is 9.59 Å². The summed E-state index contributed by atoms with van der Waals surface area (Å²) in [6.45, 7) is 2.04. The number of anilines is 1. The second-order valence-corrected chi connectivity index (χ2v) is 6.95. The van der Waals surface area contributed by atoms with Gasteiger partial charge < -0.3 is 15.4 Å². The fourth-order valence-corrected chi connectivity index (χ4v) is 2.94. The van der Waals surface area contributed by atoms with Gasteiger partial charge in [-0.05, 0) is 61.8 Å². The number of nitrogens with one attached hydrogen (secondary N) is 2. The summed E-state index contributed by atoms with van der Waals surface area (Å²) in [7, 11) is 0. The molecule has 0 aromatic heterocycles. The van der Waals surface area contributed by atoms with Crippen LogP contribution in [0.4, 0.5) is 5.69 Å². The molecule has 2 amide bonds. The van der Waals surface area contributed by atoms with E-state index in [2.05, 4.69) is 10.6 Å². The second kappa shape index (κ2) is 11.1. The monoisotopic (exact) mass is 400 g/mol. The minimum absolute atomic E-state index is 0.292.